The van der Waals surface area contributed by atoms with Gasteiger partial charge in [0.2, 0.25) is 0 Å². The summed E-state index contributed by atoms with van der Waals surface area (Å²) >= 11 is 12.0. The third-order valence-electron chi connectivity index (χ3n) is 3.72. The maximum Gasteiger partial charge on any atom is 0.310 e. The second-order valence-corrected chi connectivity index (χ2v) is 6.38. The number of ether oxygens (including phenoxy) is 1. The van der Waals surface area contributed by atoms with Crippen LogP contribution in [0.25, 0.3) is 0 Å². The molecule has 25 heavy (non-hydrogen) atoms. The summed E-state index contributed by atoms with van der Waals surface area (Å²) in [5, 5.41) is 3.52. The summed E-state index contributed by atoms with van der Waals surface area (Å²) in [6, 6.07) is 13.0. The first-order valence-corrected chi connectivity index (χ1v) is 8.62. The fourth-order valence-electron chi connectivity index (χ4n) is 2.32. The molecule has 0 fully saturated rings. The van der Waals surface area contributed by atoms with E-state index in [1.165, 1.54) is 11.1 Å². The van der Waals surface area contributed by atoms with Crippen LogP contribution in [0.5, 0.6) is 0 Å². The highest BCUT2D eigenvalue weighted by atomic mass is 35.5. The lowest BCUT2D eigenvalue weighted by molar-refractivity contribution is -0.147. The van der Waals surface area contributed by atoms with Crippen molar-refractivity contribution < 1.29 is 14.3 Å². The van der Waals surface area contributed by atoms with Crippen molar-refractivity contribution in [2.45, 2.75) is 19.8 Å². The van der Waals surface area contributed by atoms with Gasteiger partial charge in [-0.1, -0.05) is 53.5 Å². The van der Waals surface area contributed by atoms with Crippen LogP contribution in [0.15, 0.2) is 42.5 Å². The molecule has 0 saturated heterocycles. The highest BCUT2D eigenvalue weighted by molar-refractivity contribution is 6.36. The Morgan fingerprint density at radius 2 is 1.72 bits per heavy atom. The molecule has 2 aromatic rings. The Kier molecular flexibility index (Phi) is 7.29. The first-order chi connectivity index (χ1) is 12.0. The minimum Gasteiger partial charge on any atom is -0.455 e. The van der Waals surface area contributed by atoms with Crippen LogP contribution in [0.3, 0.4) is 0 Å². The van der Waals surface area contributed by atoms with Crippen molar-refractivity contribution in [3.05, 3.63) is 69.2 Å². The van der Waals surface area contributed by atoms with Gasteiger partial charge in [-0.15, -0.1) is 0 Å². The van der Waals surface area contributed by atoms with Crippen molar-refractivity contribution in [2.24, 2.45) is 0 Å². The minimum atomic E-state index is -0.552. The Balaban J connectivity index is 1.73. The number of hydrogen-bond donors (Lipinski definition) is 1. The molecular formula is C19H19Cl2NO3. The van der Waals surface area contributed by atoms with Crippen molar-refractivity contribution in [1.82, 2.24) is 5.32 Å². The van der Waals surface area contributed by atoms with Gasteiger partial charge in [-0.05, 0) is 36.6 Å². The molecule has 0 heterocycles. The molecule has 4 nitrogen and oxygen atoms in total. The van der Waals surface area contributed by atoms with Gasteiger partial charge in [0, 0.05) is 22.2 Å². The van der Waals surface area contributed by atoms with Crippen molar-refractivity contribution >= 4 is 35.1 Å². The van der Waals surface area contributed by atoms with Gasteiger partial charge in [0.25, 0.3) is 5.91 Å². The average molecular weight is 380 g/mol. The van der Waals surface area contributed by atoms with Gasteiger partial charge in [0.15, 0.2) is 6.61 Å². The van der Waals surface area contributed by atoms with Gasteiger partial charge in [0.1, 0.15) is 0 Å². The topological polar surface area (TPSA) is 55.4 Å². The normalized spacial score (nSPS) is 10.4. The second-order valence-electron chi connectivity index (χ2n) is 5.56. The van der Waals surface area contributed by atoms with Gasteiger partial charge in [-0.3, -0.25) is 9.59 Å². The molecule has 0 aliphatic rings. The number of esters is 1. The van der Waals surface area contributed by atoms with Gasteiger partial charge in [-0.2, -0.15) is 0 Å². The molecule has 0 aliphatic heterocycles. The van der Waals surface area contributed by atoms with Crippen LogP contribution in [0.4, 0.5) is 0 Å². The van der Waals surface area contributed by atoms with E-state index in [0.29, 0.717) is 22.2 Å². The van der Waals surface area contributed by atoms with Gasteiger partial charge >= 0.3 is 5.97 Å². The number of rotatable bonds is 7. The molecule has 1 N–H and O–H groups in total. The Morgan fingerprint density at radius 1 is 1.04 bits per heavy atom. The highest BCUT2D eigenvalue weighted by Crippen LogP contribution is 2.24. The Morgan fingerprint density at radius 3 is 2.40 bits per heavy atom. The maximum atomic E-state index is 11.8. The number of carbonyl (C=O) groups is 2. The lowest BCUT2D eigenvalue weighted by Crippen LogP contribution is -2.30. The first kappa shape index (κ1) is 19.3. The Bertz CT molecular complexity index is 742. The van der Waals surface area contributed by atoms with Crippen molar-refractivity contribution in [3.8, 4) is 0 Å². The number of benzene rings is 2. The van der Waals surface area contributed by atoms with Gasteiger partial charge in [0.05, 0.1) is 6.42 Å². The van der Waals surface area contributed by atoms with E-state index in [0.717, 1.165) is 6.42 Å². The summed E-state index contributed by atoms with van der Waals surface area (Å²) in [6.07, 6.45) is 0.649. The smallest absolute Gasteiger partial charge is 0.310 e. The maximum absolute atomic E-state index is 11.8. The van der Waals surface area contributed by atoms with E-state index in [1.807, 2.05) is 31.2 Å². The number of aryl methyl sites for hydroxylation is 1. The zero-order valence-electron chi connectivity index (χ0n) is 13.9. The molecule has 6 heteroatoms. The van der Waals surface area contributed by atoms with E-state index in [-0.39, 0.29) is 18.9 Å². The summed E-state index contributed by atoms with van der Waals surface area (Å²) in [7, 11) is 0. The second kappa shape index (κ2) is 9.44. The molecule has 0 radical (unpaired) electrons. The van der Waals surface area contributed by atoms with Crippen molar-refractivity contribution in [3.63, 3.8) is 0 Å². The molecule has 2 aromatic carbocycles. The summed E-state index contributed by atoms with van der Waals surface area (Å²) in [6.45, 7) is 2.19. The van der Waals surface area contributed by atoms with Crippen LogP contribution in [0, 0.1) is 6.92 Å². The van der Waals surface area contributed by atoms with Crippen LogP contribution in [0.1, 0.15) is 16.7 Å². The minimum absolute atomic E-state index is 0.0744. The van der Waals surface area contributed by atoms with Crippen LogP contribution >= 0.6 is 23.2 Å². The lowest BCUT2D eigenvalue weighted by atomic mass is 10.1. The van der Waals surface area contributed by atoms with Gasteiger partial charge in [-0.25, -0.2) is 0 Å². The summed E-state index contributed by atoms with van der Waals surface area (Å²) in [5.74, 6) is -0.892. The molecule has 0 saturated carbocycles. The number of halogens is 2. The third kappa shape index (κ3) is 6.07. The molecule has 2 rings (SSSR count). The summed E-state index contributed by atoms with van der Waals surface area (Å²) in [4.78, 5) is 23.6. The zero-order valence-corrected chi connectivity index (χ0v) is 15.4. The first-order valence-electron chi connectivity index (χ1n) is 7.87. The quantitative estimate of drug-likeness (QED) is 0.745. The number of hydrogen-bond acceptors (Lipinski definition) is 3. The molecule has 0 bridgehead atoms. The average Bonchev–Trinajstić information content (AvgIpc) is 2.58. The van der Waals surface area contributed by atoms with Crippen LogP contribution in [-0.2, 0) is 27.2 Å². The SMILES string of the molecule is Cc1ccccc1CCNC(=O)COC(=O)Cc1c(Cl)cccc1Cl. The summed E-state index contributed by atoms with van der Waals surface area (Å²) in [5.41, 5.74) is 2.85. The van der Waals surface area contributed by atoms with E-state index in [2.05, 4.69) is 5.32 Å². The molecule has 132 valence electrons. The van der Waals surface area contributed by atoms with Crippen LogP contribution in [-0.4, -0.2) is 25.0 Å². The van der Waals surface area contributed by atoms with E-state index < -0.39 is 5.97 Å². The number of amides is 1. The van der Waals surface area contributed by atoms with Gasteiger partial charge < -0.3 is 10.1 Å². The predicted octanol–water partition coefficient (Wildman–Crippen LogP) is 3.75. The molecule has 0 unspecified atom stereocenters. The van der Waals surface area contributed by atoms with Crippen molar-refractivity contribution in [2.75, 3.05) is 13.2 Å². The molecule has 0 aliphatic carbocycles. The predicted molar refractivity (Wildman–Crippen MR) is 99.0 cm³/mol. The van der Waals surface area contributed by atoms with Crippen molar-refractivity contribution in [1.29, 1.82) is 0 Å². The Hall–Kier alpha value is -2.04. The third-order valence-corrected chi connectivity index (χ3v) is 4.43. The zero-order chi connectivity index (χ0) is 18.2. The largest absolute Gasteiger partial charge is 0.455 e. The number of carbonyl (C=O) groups excluding carboxylic acids is 2. The monoisotopic (exact) mass is 379 g/mol. The molecule has 0 spiro atoms. The van der Waals surface area contributed by atoms with E-state index in [1.54, 1.807) is 18.2 Å². The molecule has 0 atom stereocenters. The molecule has 0 aromatic heterocycles. The van der Waals surface area contributed by atoms with Crippen LogP contribution < -0.4 is 5.32 Å². The molecular weight excluding hydrogens is 361 g/mol. The summed E-state index contributed by atoms with van der Waals surface area (Å²) < 4.78 is 4.98. The van der Waals surface area contributed by atoms with Crippen LogP contribution in [0.2, 0.25) is 10.0 Å². The standard InChI is InChI=1S/C19H19Cl2NO3/c1-13-5-2-3-6-14(13)9-10-22-18(23)12-25-19(24)11-15-16(20)7-4-8-17(15)21/h2-8H,9-12H2,1H3,(H,22,23). The molecule has 1 amide bonds. The highest BCUT2D eigenvalue weighted by Gasteiger charge is 2.13. The number of nitrogens with one attached hydrogen (secondary N) is 1. The van der Waals surface area contributed by atoms with E-state index >= 15 is 0 Å². The lowest BCUT2D eigenvalue weighted by Gasteiger charge is -2.09. The fourth-order valence-corrected chi connectivity index (χ4v) is 2.85. The van der Waals surface area contributed by atoms with E-state index in [4.69, 9.17) is 27.9 Å². The van der Waals surface area contributed by atoms with E-state index in [9.17, 15) is 9.59 Å². The fraction of sp³-hybridized carbons (Fsp3) is 0.263. The Labute approximate surface area is 157 Å².